The Balaban J connectivity index is 2.45. The highest BCUT2D eigenvalue weighted by Gasteiger charge is 2.14. The molecule has 0 fully saturated rings. The Morgan fingerprint density at radius 1 is 1.09 bits per heavy atom. The molecule has 0 bridgehead atoms. The molecule has 0 aliphatic rings. The van der Waals surface area contributed by atoms with Crippen LogP contribution in [0.25, 0.3) is 0 Å². The van der Waals surface area contributed by atoms with Gasteiger partial charge in [-0.25, -0.2) is 4.79 Å². The van der Waals surface area contributed by atoms with Crippen molar-refractivity contribution in [1.29, 1.82) is 0 Å². The molecule has 1 aromatic carbocycles. The van der Waals surface area contributed by atoms with E-state index in [1.165, 1.54) is 0 Å². The topological polar surface area (TPSA) is 96.2 Å². The van der Waals surface area contributed by atoms with Crippen molar-refractivity contribution in [2.45, 2.75) is 52.7 Å². The van der Waals surface area contributed by atoms with Crippen LogP contribution in [-0.4, -0.2) is 24.0 Å². The van der Waals surface area contributed by atoms with E-state index >= 15 is 0 Å². The molecule has 1 aromatic rings. The molecule has 6 heteroatoms. The maximum Gasteiger partial charge on any atom is 0.319 e. The molecule has 1 atom stereocenters. The zero-order valence-electron chi connectivity index (χ0n) is 14.3. The molecule has 0 spiro atoms. The third kappa shape index (κ3) is 7.65. The van der Waals surface area contributed by atoms with E-state index in [1.807, 2.05) is 39.8 Å². The van der Waals surface area contributed by atoms with Gasteiger partial charge in [0.1, 0.15) is 0 Å². The molecule has 0 aliphatic heterocycles. The molecule has 0 heterocycles. The molecule has 0 radical (unpaired) electrons. The second-order valence-electron chi connectivity index (χ2n) is 6.40. The minimum absolute atomic E-state index is 0.0829. The Hall–Kier alpha value is -2.08. The number of benzene rings is 1. The largest absolute Gasteiger partial charge is 0.351 e. The minimum atomic E-state index is -0.476. The first-order valence-electron chi connectivity index (χ1n) is 7.97. The van der Waals surface area contributed by atoms with Crippen LogP contribution < -0.4 is 21.7 Å². The van der Waals surface area contributed by atoms with Crippen LogP contribution in [0, 0.1) is 5.92 Å². The van der Waals surface area contributed by atoms with Gasteiger partial charge in [0.15, 0.2) is 0 Å². The standard InChI is InChI=1S/C17H28N4O2/c1-11(2)9-15(18)16(22)19-10-13-5-7-14(8-6-13)21-17(23)20-12(3)4/h5-8,11-12,15H,9-10,18H2,1-4H3,(H,19,22)(H2,20,21,23)/t15-/m0/s1. The number of hydrogen-bond acceptors (Lipinski definition) is 3. The number of rotatable bonds is 7. The van der Waals surface area contributed by atoms with Crippen molar-refractivity contribution in [2.24, 2.45) is 11.7 Å². The number of urea groups is 1. The summed E-state index contributed by atoms with van der Waals surface area (Å²) in [6, 6.07) is 6.69. The fraction of sp³-hybridized carbons (Fsp3) is 0.529. The monoisotopic (exact) mass is 320 g/mol. The average molecular weight is 320 g/mol. The normalized spacial score (nSPS) is 12.1. The molecular weight excluding hydrogens is 292 g/mol. The van der Waals surface area contributed by atoms with Crippen LogP contribution in [0.5, 0.6) is 0 Å². The van der Waals surface area contributed by atoms with Crippen LogP contribution in [0.4, 0.5) is 10.5 Å². The van der Waals surface area contributed by atoms with E-state index in [1.54, 1.807) is 12.1 Å². The third-order valence-corrected chi connectivity index (χ3v) is 3.16. The number of carbonyl (C=O) groups excluding carboxylic acids is 2. The number of carbonyl (C=O) groups is 2. The van der Waals surface area contributed by atoms with E-state index in [2.05, 4.69) is 16.0 Å². The molecule has 0 saturated heterocycles. The molecule has 3 amide bonds. The lowest BCUT2D eigenvalue weighted by Crippen LogP contribution is -2.41. The Bertz CT molecular complexity index is 512. The van der Waals surface area contributed by atoms with Gasteiger partial charge in [-0.1, -0.05) is 26.0 Å². The highest BCUT2D eigenvalue weighted by atomic mass is 16.2. The number of nitrogens with two attached hydrogens (primary N) is 1. The maximum absolute atomic E-state index is 11.9. The molecule has 0 aromatic heterocycles. The van der Waals surface area contributed by atoms with Gasteiger partial charge in [0, 0.05) is 18.3 Å². The molecule has 1 rings (SSSR count). The van der Waals surface area contributed by atoms with Crippen LogP contribution in [0.1, 0.15) is 39.7 Å². The van der Waals surface area contributed by atoms with Crippen LogP contribution >= 0.6 is 0 Å². The van der Waals surface area contributed by atoms with E-state index in [4.69, 9.17) is 5.73 Å². The van der Waals surface area contributed by atoms with Gasteiger partial charge < -0.3 is 21.7 Å². The van der Waals surface area contributed by atoms with E-state index in [9.17, 15) is 9.59 Å². The van der Waals surface area contributed by atoms with Crippen LogP contribution in [0.15, 0.2) is 24.3 Å². The first-order chi connectivity index (χ1) is 10.8. The lowest BCUT2D eigenvalue weighted by molar-refractivity contribution is -0.122. The molecule has 0 aliphatic carbocycles. The second kappa shape index (κ2) is 9.15. The summed E-state index contributed by atoms with van der Waals surface area (Å²) in [5, 5.41) is 8.33. The second-order valence-corrected chi connectivity index (χ2v) is 6.40. The number of amides is 3. The average Bonchev–Trinajstić information content (AvgIpc) is 2.44. The molecule has 128 valence electrons. The fourth-order valence-corrected chi connectivity index (χ4v) is 2.07. The van der Waals surface area contributed by atoms with Gasteiger partial charge in [-0.3, -0.25) is 4.79 Å². The van der Waals surface area contributed by atoms with Crippen molar-refractivity contribution in [3.05, 3.63) is 29.8 Å². The van der Waals surface area contributed by atoms with E-state index in [0.717, 1.165) is 5.56 Å². The number of anilines is 1. The highest BCUT2D eigenvalue weighted by molar-refractivity contribution is 5.89. The maximum atomic E-state index is 11.9. The first-order valence-corrected chi connectivity index (χ1v) is 7.97. The van der Waals surface area contributed by atoms with Gasteiger partial charge in [0.25, 0.3) is 0 Å². The number of hydrogen-bond donors (Lipinski definition) is 4. The summed E-state index contributed by atoms with van der Waals surface area (Å²) in [5.74, 6) is 0.246. The quantitative estimate of drug-likeness (QED) is 0.620. The van der Waals surface area contributed by atoms with Gasteiger partial charge in [0.05, 0.1) is 6.04 Å². The molecule has 6 nitrogen and oxygen atoms in total. The van der Waals surface area contributed by atoms with Gasteiger partial charge in [0.2, 0.25) is 5.91 Å². The molecule has 0 unspecified atom stereocenters. The van der Waals surface area contributed by atoms with Gasteiger partial charge in [-0.15, -0.1) is 0 Å². The predicted molar refractivity (Wildman–Crippen MR) is 93.0 cm³/mol. The Morgan fingerprint density at radius 2 is 1.70 bits per heavy atom. The zero-order chi connectivity index (χ0) is 17.4. The Labute approximate surface area is 138 Å². The Kier molecular flexibility index (Phi) is 7.54. The highest BCUT2D eigenvalue weighted by Crippen LogP contribution is 2.10. The van der Waals surface area contributed by atoms with E-state index in [0.29, 0.717) is 24.6 Å². The summed E-state index contributed by atoms with van der Waals surface area (Å²) in [7, 11) is 0. The molecule has 5 N–H and O–H groups in total. The summed E-state index contributed by atoms with van der Waals surface area (Å²) in [6.45, 7) is 8.29. The van der Waals surface area contributed by atoms with Gasteiger partial charge in [-0.2, -0.15) is 0 Å². The summed E-state index contributed by atoms with van der Waals surface area (Å²) in [6.07, 6.45) is 0.666. The molecule has 23 heavy (non-hydrogen) atoms. The van der Waals surface area contributed by atoms with Crippen molar-refractivity contribution in [1.82, 2.24) is 10.6 Å². The summed E-state index contributed by atoms with van der Waals surface area (Å²) in [5.41, 5.74) is 7.49. The smallest absolute Gasteiger partial charge is 0.319 e. The van der Waals surface area contributed by atoms with Crippen molar-refractivity contribution in [3.63, 3.8) is 0 Å². The summed E-state index contributed by atoms with van der Waals surface area (Å²) >= 11 is 0. The van der Waals surface area contributed by atoms with Crippen molar-refractivity contribution < 1.29 is 9.59 Å². The SMILES string of the molecule is CC(C)C[C@H](N)C(=O)NCc1ccc(NC(=O)NC(C)C)cc1. The minimum Gasteiger partial charge on any atom is -0.351 e. The van der Waals surface area contributed by atoms with Crippen molar-refractivity contribution in [3.8, 4) is 0 Å². The van der Waals surface area contributed by atoms with Gasteiger partial charge in [-0.05, 0) is 43.9 Å². The number of nitrogens with one attached hydrogen (secondary N) is 3. The van der Waals surface area contributed by atoms with Gasteiger partial charge >= 0.3 is 6.03 Å². The van der Waals surface area contributed by atoms with Crippen LogP contribution in [0.2, 0.25) is 0 Å². The molecule has 0 saturated carbocycles. The van der Waals surface area contributed by atoms with Crippen LogP contribution in [-0.2, 0) is 11.3 Å². The Morgan fingerprint density at radius 3 is 2.22 bits per heavy atom. The predicted octanol–water partition coefficient (Wildman–Crippen LogP) is 2.21. The summed E-state index contributed by atoms with van der Waals surface area (Å²) < 4.78 is 0. The van der Waals surface area contributed by atoms with E-state index < -0.39 is 6.04 Å². The third-order valence-electron chi connectivity index (χ3n) is 3.16. The molecular formula is C17H28N4O2. The lowest BCUT2D eigenvalue weighted by atomic mass is 10.0. The summed E-state index contributed by atoms with van der Waals surface area (Å²) in [4.78, 5) is 23.5. The van der Waals surface area contributed by atoms with Crippen molar-refractivity contribution in [2.75, 3.05) is 5.32 Å². The zero-order valence-corrected chi connectivity index (χ0v) is 14.3. The fourth-order valence-electron chi connectivity index (χ4n) is 2.07. The van der Waals surface area contributed by atoms with E-state index in [-0.39, 0.29) is 18.0 Å². The van der Waals surface area contributed by atoms with Crippen molar-refractivity contribution >= 4 is 17.6 Å². The van der Waals surface area contributed by atoms with Crippen LogP contribution in [0.3, 0.4) is 0 Å². The first kappa shape index (κ1) is 19.0. The lowest BCUT2D eigenvalue weighted by Gasteiger charge is -2.14.